The molecule has 0 amide bonds. The number of benzene rings is 2. The van der Waals surface area contributed by atoms with Crippen LogP contribution in [0.15, 0.2) is 48.5 Å². The van der Waals surface area contributed by atoms with Crippen molar-refractivity contribution in [3.05, 3.63) is 59.7 Å². The topological polar surface area (TPSA) is 38.7 Å². The van der Waals surface area contributed by atoms with Gasteiger partial charge in [0.15, 0.2) is 0 Å². The summed E-state index contributed by atoms with van der Waals surface area (Å²) in [6.45, 7) is 0.797. The van der Waals surface area contributed by atoms with Crippen LogP contribution in [0.4, 0.5) is 0 Å². The van der Waals surface area contributed by atoms with E-state index < -0.39 is 0 Å². The zero-order chi connectivity index (χ0) is 14.2. The van der Waals surface area contributed by atoms with Gasteiger partial charge in [0.25, 0.3) is 0 Å². The number of aliphatic hydroxyl groups excluding tert-OH is 1. The van der Waals surface area contributed by atoms with E-state index in [2.05, 4.69) is 5.92 Å². The average Bonchev–Trinajstić information content (AvgIpc) is 2.52. The maximum Gasteiger partial charge on any atom is 0.119 e. The molecule has 0 heterocycles. The van der Waals surface area contributed by atoms with E-state index in [1.165, 1.54) is 0 Å². The third-order valence-corrected chi connectivity index (χ3v) is 2.71. The standard InChI is InChI=1S/C17H16O3/c1-2-14-3-7-17(8-4-14)20-13-15-5-9-16(10-6-15)19-12-11-18/h1,3-10,18H,11-13H2. The van der Waals surface area contributed by atoms with Gasteiger partial charge in [0, 0.05) is 5.56 Å². The van der Waals surface area contributed by atoms with E-state index in [1.54, 1.807) is 0 Å². The molecule has 0 radical (unpaired) electrons. The van der Waals surface area contributed by atoms with Crippen LogP contribution in [-0.4, -0.2) is 18.3 Å². The van der Waals surface area contributed by atoms with E-state index in [-0.39, 0.29) is 6.61 Å². The van der Waals surface area contributed by atoms with Gasteiger partial charge < -0.3 is 14.6 Å². The van der Waals surface area contributed by atoms with Gasteiger partial charge in [-0.1, -0.05) is 18.1 Å². The SMILES string of the molecule is C#Cc1ccc(OCc2ccc(OCCO)cc2)cc1. The highest BCUT2D eigenvalue weighted by Crippen LogP contribution is 2.16. The number of hydrogen-bond donors (Lipinski definition) is 1. The lowest BCUT2D eigenvalue weighted by Crippen LogP contribution is -2.01. The van der Waals surface area contributed by atoms with Gasteiger partial charge in [-0.3, -0.25) is 0 Å². The largest absolute Gasteiger partial charge is 0.491 e. The van der Waals surface area contributed by atoms with E-state index in [0.717, 1.165) is 22.6 Å². The van der Waals surface area contributed by atoms with Crippen molar-refractivity contribution in [3.63, 3.8) is 0 Å². The first-order valence-electron chi connectivity index (χ1n) is 6.34. The van der Waals surface area contributed by atoms with Crippen molar-refractivity contribution in [2.24, 2.45) is 0 Å². The summed E-state index contributed by atoms with van der Waals surface area (Å²) in [4.78, 5) is 0. The molecule has 0 spiro atoms. The molecule has 102 valence electrons. The number of hydrogen-bond acceptors (Lipinski definition) is 3. The fourth-order valence-electron chi connectivity index (χ4n) is 1.66. The highest BCUT2D eigenvalue weighted by molar-refractivity contribution is 5.36. The summed E-state index contributed by atoms with van der Waals surface area (Å²) in [5.74, 6) is 4.08. The molecule has 0 saturated carbocycles. The second kappa shape index (κ2) is 7.22. The molecule has 0 unspecified atom stereocenters. The molecule has 0 aliphatic carbocycles. The smallest absolute Gasteiger partial charge is 0.119 e. The first-order valence-corrected chi connectivity index (χ1v) is 6.34. The minimum Gasteiger partial charge on any atom is -0.491 e. The quantitative estimate of drug-likeness (QED) is 0.818. The van der Waals surface area contributed by atoms with Gasteiger partial charge in [-0.05, 0) is 42.0 Å². The van der Waals surface area contributed by atoms with Crippen LogP contribution >= 0.6 is 0 Å². The Kier molecular flexibility index (Phi) is 5.05. The van der Waals surface area contributed by atoms with Crippen molar-refractivity contribution < 1.29 is 14.6 Å². The molecule has 2 rings (SSSR count). The number of ether oxygens (including phenoxy) is 2. The molecule has 0 bridgehead atoms. The van der Waals surface area contributed by atoms with Crippen LogP contribution in [0, 0.1) is 12.3 Å². The molecule has 3 nitrogen and oxygen atoms in total. The van der Waals surface area contributed by atoms with Crippen LogP contribution in [0.3, 0.4) is 0 Å². The molecule has 1 N–H and O–H groups in total. The molecule has 0 aliphatic rings. The summed E-state index contributed by atoms with van der Waals surface area (Å²) in [5.41, 5.74) is 1.88. The summed E-state index contributed by atoms with van der Waals surface area (Å²) < 4.78 is 11.0. The van der Waals surface area contributed by atoms with Crippen molar-refractivity contribution in [2.45, 2.75) is 6.61 Å². The molecule has 0 saturated heterocycles. The molecular weight excluding hydrogens is 252 g/mol. The third kappa shape index (κ3) is 4.04. The molecule has 0 aromatic heterocycles. The first-order chi connectivity index (χ1) is 9.81. The normalized spacial score (nSPS) is 9.80. The van der Waals surface area contributed by atoms with E-state index in [9.17, 15) is 0 Å². The van der Waals surface area contributed by atoms with Gasteiger partial charge in [-0.2, -0.15) is 0 Å². The minimum atomic E-state index is 0.0124. The molecule has 0 aliphatic heterocycles. The maximum absolute atomic E-state index is 8.67. The van der Waals surface area contributed by atoms with Gasteiger partial charge in [0.05, 0.1) is 6.61 Å². The second-order valence-corrected chi connectivity index (χ2v) is 4.17. The van der Waals surface area contributed by atoms with Crippen LogP contribution in [0.1, 0.15) is 11.1 Å². The van der Waals surface area contributed by atoms with Crippen LogP contribution in [0.25, 0.3) is 0 Å². The van der Waals surface area contributed by atoms with E-state index in [4.69, 9.17) is 21.0 Å². The number of rotatable bonds is 6. The molecule has 20 heavy (non-hydrogen) atoms. The van der Waals surface area contributed by atoms with Gasteiger partial charge >= 0.3 is 0 Å². The van der Waals surface area contributed by atoms with E-state index >= 15 is 0 Å². The minimum absolute atomic E-state index is 0.0124. The fourth-order valence-corrected chi connectivity index (χ4v) is 1.66. The Hall–Kier alpha value is -2.44. The fraction of sp³-hybridized carbons (Fsp3) is 0.176. The predicted molar refractivity (Wildman–Crippen MR) is 77.7 cm³/mol. The van der Waals surface area contributed by atoms with Gasteiger partial charge in [0.2, 0.25) is 0 Å². The molecule has 3 heteroatoms. The zero-order valence-corrected chi connectivity index (χ0v) is 11.1. The lowest BCUT2D eigenvalue weighted by atomic mass is 10.2. The monoisotopic (exact) mass is 268 g/mol. The molecular formula is C17H16O3. The van der Waals surface area contributed by atoms with Gasteiger partial charge in [-0.25, -0.2) is 0 Å². The Labute approximate surface area is 118 Å². The maximum atomic E-state index is 8.67. The van der Waals surface area contributed by atoms with Crippen molar-refractivity contribution in [1.29, 1.82) is 0 Å². The molecule has 2 aromatic carbocycles. The second-order valence-electron chi connectivity index (χ2n) is 4.17. The lowest BCUT2D eigenvalue weighted by molar-refractivity contribution is 0.201. The molecule has 0 fully saturated rings. The first kappa shape index (κ1) is 14.0. The van der Waals surface area contributed by atoms with Crippen molar-refractivity contribution in [1.82, 2.24) is 0 Å². The number of terminal acetylenes is 1. The Morgan fingerprint density at radius 3 is 2.10 bits per heavy atom. The lowest BCUT2D eigenvalue weighted by Gasteiger charge is -2.08. The van der Waals surface area contributed by atoms with Crippen LogP contribution < -0.4 is 9.47 Å². The molecule has 0 atom stereocenters. The van der Waals surface area contributed by atoms with Crippen LogP contribution in [0.5, 0.6) is 11.5 Å². The summed E-state index contributed by atoms with van der Waals surface area (Å²) in [6.07, 6.45) is 5.30. The Balaban J connectivity index is 1.88. The van der Waals surface area contributed by atoms with Crippen molar-refractivity contribution >= 4 is 0 Å². The highest BCUT2D eigenvalue weighted by atomic mass is 16.5. The van der Waals surface area contributed by atoms with E-state index in [1.807, 2.05) is 48.5 Å². The number of aliphatic hydroxyl groups is 1. The third-order valence-electron chi connectivity index (χ3n) is 2.71. The van der Waals surface area contributed by atoms with Gasteiger partial charge in [-0.15, -0.1) is 6.42 Å². The van der Waals surface area contributed by atoms with E-state index in [0.29, 0.717) is 13.2 Å². The molecule has 2 aromatic rings. The summed E-state index contributed by atoms with van der Waals surface area (Å²) >= 11 is 0. The van der Waals surface area contributed by atoms with Crippen LogP contribution in [0.2, 0.25) is 0 Å². The summed E-state index contributed by atoms with van der Waals surface area (Å²) in [5, 5.41) is 8.67. The predicted octanol–water partition coefficient (Wildman–Crippen LogP) is 2.62. The van der Waals surface area contributed by atoms with Crippen molar-refractivity contribution in [3.8, 4) is 23.8 Å². The summed E-state index contributed by atoms with van der Waals surface area (Å²) in [6, 6.07) is 15.0. The Morgan fingerprint density at radius 1 is 0.900 bits per heavy atom. The average molecular weight is 268 g/mol. The van der Waals surface area contributed by atoms with Gasteiger partial charge in [0.1, 0.15) is 24.7 Å². The Morgan fingerprint density at radius 2 is 1.50 bits per heavy atom. The summed E-state index contributed by atoms with van der Waals surface area (Å²) in [7, 11) is 0. The van der Waals surface area contributed by atoms with Crippen molar-refractivity contribution in [2.75, 3.05) is 13.2 Å². The van der Waals surface area contributed by atoms with Crippen LogP contribution in [-0.2, 0) is 6.61 Å². The Bertz CT molecular complexity index is 565. The zero-order valence-electron chi connectivity index (χ0n) is 11.1. The highest BCUT2D eigenvalue weighted by Gasteiger charge is 1.98.